The van der Waals surface area contributed by atoms with Gasteiger partial charge in [-0.05, 0) is 36.8 Å². The van der Waals surface area contributed by atoms with Crippen LogP contribution in [0.4, 0.5) is 0 Å². The van der Waals surface area contributed by atoms with Crippen LogP contribution in [0.15, 0.2) is 36.4 Å². The normalized spacial score (nSPS) is 12.2. The lowest BCUT2D eigenvalue weighted by Crippen LogP contribution is -2.13. The fraction of sp³-hybridized carbons (Fsp3) is 0.455. The molecule has 0 spiro atoms. The number of aryl methyl sites for hydroxylation is 2. The van der Waals surface area contributed by atoms with Gasteiger partial charge in [0.15, 0.2) is 0 Å². The van der Waals surface area contributed by atoms with Gasteiger partial charge in [0.1, 0.15) is 11.5 Å². The standard InChI is InChI=1S/C22H31O2P/c1-15-9-11-19(17(13-15)21(3,4)5)23-25-24-20-12-10-16(2)14-18(20)22(6,7)8/h9-14,25H,1-8H3. The van der Waals surface area contributed by atoms with Crippen molar-refractivity contribution in [1.82, 2.24) is 0 Å². The van der Waals surface area contributed by atoms with Crippen LogP contribution in [0, 0.1) is 13.8 Å². The SMILES string of the molecule is Cc1ccc(OPOc2ccc(C)cc2C(C)(C)C)c(C(C)(C)C)c1. The van der Waals surface area contributed by atoms with Crippen molar-refractivity contribution in [1.29, 1.82) is 0 Å². The van der Waals surface area contributed by atoms with Crippen molar-refractivity contribution in [3.8, 4) is 11.5 Å². The Morgan fingerprint density at radius 1 is 0.640 bits per heavy atom. The third-order valence-electron chi connectivity index (χ3n) is 4.19. The van der Waals surface area contributed by atoms with Crippen molar-refractivity contribution >= 4 is 9.03 Å². The highest BCUT2D eigenvalue weighted by Crippen LogP contribution is 2.38. The van der Waals surface area contributed by atoms with Crippen LogP contribution in [0.3, 0.4) is 0 Å². The molecule has 0 aliphatic carbocycles. The van der Waals surface area contributed by atoms with Gasteiger partial charge in [-0.1, -0.05) is 76.9 Å². The van der Waals surface area contributed by atoms with Crippen molar-refractivity contribution in [3.63, 3.8) is 0 Å². The van der Waals surface area contributed by atoms with Crippen LogP contribution in [0.25, 0.3) is 0 Å². The van der Waals surface area contributed by atoms with Gasteiger partial charge >= 0.3 is 0 Å². The van der Waals surface area contributed by atoms with Gasteiger partial charge in [-0.3, -0.25) is 0 Å². The molecule has 0 aromatic heterocycles. The van der Waals surface area contributed by atoms with Gasteiger partial charge in [-0.2, -0.15) is 0 Å². The molecule has 2 aromatic rings. The van der Waals surface area contributed by atoms with Crippen molar-refractivity contribution < 1.29 is 9.05 Å². The van der Waals surface area contributed by atoms with Gasteiger partial charge in [-0.25, -0.2) is 0 Å². The zero-order valence-electron chi connectivity index (χ0n) is 16.8. The van der Waals surface area contributed by atoms with Crippen molar-refractivity contribution in [3.05, 3.63) is 58.7 Å². The van der Waals surface area contributed by atoms with Gasteiger partial charge < -0.3 is 9.05 Å². The first kappa shape index (κ1) is 19.8. The predicted octanol–water partition coefficient (Wildman–Crippen LogP) is 6.86. The molecular weight excluding hydrogens is 327 g/mol. The Labute approximate surface area is 154 Å². The molecule has 0 unspecified atom stereocenters. The summed E-state index contributed by atoms with van der Waals surface area (Å²) in [4.78, 5) is 0. The molecule has 2 rings (SSSR count). The highest BCUT2D eigenvalue weighted by Gasteiger charge is 2.21. The number of rotatable bonds is 4. The second-order valence-electron chi connectivity index (χ2n) is 8.79. The quantitative estimate of drug-likeness (QED) is 0.556. The minimum Gasteiger partial charge on any atom is -0.440 e. The van der Waals surface area contributed by atoms with E-state index in [1.54, 1.807) is 0 Å². The van der Waals surface area contributed by atoms with Crippen molar-refractivity contribution in [2.24, 2.45) is 0 Å². The molecule has 25 heavy (non-hydrogen) atoms. The van der Waals surface area contributed by atoms with Gasteiger partial charge in [-0.15, -0.1) is 0 Å². The molecule has 0 fully saturated rings. The molecule has 3 heteroatoms. The van der Waals surface area contributed by atoms with Crippen LogP contribution in [-0.2, 0) is 10.8 Å². The summed E-state index contributed by atoms with van der Waals surface area (Å²) >= 11 is 0. The molecule has 0 N–H and O–H groups in total. The van der Waals surface area contributed by atoms with Gasteiger partial charge in [0.25, 0.3) is 9.03 Å². The van der Waals surface area contributed by atoms with E-state index >= 15 is 0 Å². The van der Waals surface area contributed by atoms with Crippen LogP contribution in [0.5, 0.6) is 11.5 Å². The molecule has 0 aliphatic heterocycles. The Kier molecular flexibility index (Phi) is 5.84. The summed E-state index contributed by atoms with van der Waals surface area (Å²) in [5, 5.41) is 0. The summed E-state index contributed by atoms with van der Waals surface area (Å²) in [6.07, 6.45) is 0. The number of benzene rings is 2. The molecule has 0 saturated heterocycles. The Bertz CT molecular complexity index is 673. The maximum Gasteiger partial charge on any atom is 0.275 e. The number of hydrogen-bond donors (Lipinski definition) is 0. The molecule has 0 aliphatic rings. The average Bonchev–Trinajstić information content (AvgIpc) is 2.48. The zero-order valence-corrected chi connectivity index (χ0v) is 17.8. The van der Waals surface area contributed by atoms with E-state index in [1.165, 1.54) is 22.3 Å². The lowest BCUT2D eigenvalue weighted by Gasteiger charge is -2.25. The molecule has 2 nitrogen and oxygen atoms in total. The van der Waals surface area contributed by atoms with E-state index in [0.717, 1.165) is 11.5 Å². The number of hydrogen-bond acceptors (Lipinski definition) is 2. The first-order valence-electron chi connectivity index (χ1n) is 8.79. The Morgan fingerprint density at radius 2 is 1.00 bits per heavy atom. The van der Waals surface area contributed by atoms with Crippen LogP contribution in [0.1, 0.15) is 63.8 Å². The maximum atomic E-state index is 6.03. The summed E-state index contributed by atoms with van der Waals surface area (Å²) in [6.45, 7) is 17.4. The highest BCUT2D eigenvalue weighted by atomic mass is 31.1. The maximum absolute atomic E-state index is 6.03. The molecular formula is C22H31O2P. The van der Waals surface area contributed by atoms with Gasteiger partial charge in [0.2, 0.25) is 0 Å². The fourth-order valence-electron chi connectivity index (χ4n) is 2.75. The predicted molar refractivity (Wildman–Crippen MR) is 109 cm³/mol. The van der Waals surface area contributed by atoms with E-state index in [4.69, 9.17) is 9.05 Å². The average molecular weight is 358 g/mol. The highest BCUT2D eigenvalue weighted by molar-refractivity contribution is 7.27. The van der Waals surface area contributed by atoms with Crippen LogP contribution < -0.4 is 9.05 Å². The molecule has 0 heterocycles. The minimum atomic E-state index is -0.0684. The second kappa shape index (κ2) is 7.38. The Hall–Kier alpha value is -1.53. The van der Waals surface area contributed by atoms with Gasteiger partial charge in [0, 0.05) is 11.1 Å². The zero-order chi connectivity index (χ0) is 18.8. The van der Waals surface area contributed by atoms with E-state index < -0.39 is 0 Å². The Balaban J connectivity index is 2.18. The summed E-state index contributed by atoms with van der Waals surface area (Å²) in [6, 6.07) is 12.7. The molecule has 2 aromatic carbocycles. The van der Waals surface area contributed by atoms with Crippen LogP contribution in [0.2, 0.25) is 0 Å². The third kappa shape index (κ3) is 5.22. The summed E-state index contributed by atoms with van der Waals surface area (Å²) < 4.78 is 12.1. The monoisotopic (exact) mass is 358 g/mol. The summed E-state index contributed by atoms with van der Waals surface area (Å²) in [7, 11) is -0.0684. The Morgan fingerprint density at radius 3 is 1.32 bits per heavy atom. The van der Waals surface area contributed by atoms with E-state index in [2.05, 4.69) is 79.7 Å². The van der Waals surface area contributed by atoms with Gasteiger partial charge in [0.05, 0.1) is 0 Å². The first-order chi connectivity index (χ1) is 11.5. The molecule has 0 atom stereocenters. The minimum absolute atomic E-state index is 0.0340. The smallest absolute Gasteiger partial charge is 0.275 e. The lowest BCUT2D eigenvalue weighted by atomic mass is 9.85. The fourth-order valence-corrected chi connectivity index (χ4v) is 3.33. The molecule has 0 bridgehead atoms. The first-order valence-corrected chi connectivity index (χ1v) is 9.61. The summed E-state index contributed by atoms with van der Waals surface area (Å²) in [5.41, 5.74) is 4.98. The van der Waals surface area contributed by atoms with Crippen molar-refractivity contribution in [2.75, 3.05) is 0 Å². The van der Waals surface area contributed by atoms with E-state index in [-0.39, 0.29) is 19.9 Å². The van der Waals surface area contributed by atoms with Crippen molar-refractivity contribution in [2.45, 2.75) is 66.2 Å². The van der Waals surface area contributed by atoms with E-state index in [9.17, 15) is 0 Å². The molecule has 136 valence electrons. The van der Waals surface area contributed by atoms with Crippen LogP contribution >= 0.6 is 9.03 Å². The molecule has 0 saturated carbocycles. The molecule has 0 amide bonds. The van der Waals surface area contributed by atoms with E-state index in [1.807, 2.05) is 12.1 Å². The molecule has 0 radical (unpaired) electrons. The summed E-state index contributed by atoms with van der Waals surface area (Å²) in [5.74, 6) is 1.81. The topological polar surface area (TPSA) is 18.5 Å². The lowest BCUT2D eigenvalue weighted by molar-refractivity contribution is 0.479. The second-order valence-corrected chi connectivity index (χ2v) is 9.36. The third-order valence-corrected chi connectivity index (χ3v) is 4.80. The largest absolute Gasteiger partial charge is 0.440 e. The van der Waals surface area contributed by atoms with Crippen LogP contribution in [-0.4, -0.2) is 0 Å². The van der Waals surface area contributed by atoms with E-state index in [0.29, 0.717) is 0 Å².